The van der Waals surface area contributed by atoms with Crippen molar-refractivity contribution in [3.8, 4) is 45.0 Å². The van der Waals surface area contributed by atoms with Crippen LogP contribution in [0.1, 0.15) is 75.6 Å². The summed E-state index contributed by atoms with van der Waals surface area (Å²) in [5.74, 6) is 1.47. The van der Waals surface area contributed by atoms with Crippen molar-refractivity contribution in [3.05, 3.63) is 202 Å². The quantitative estimate of drug-likeness (QED) is 0.00937. The number of fused-ring (bicyclic) bond motifs is 4. The predicted molar refractivity (Wildman–Crippen MR) is 535 cm³/mol. The van der Waals surface area contributed by atoms with Crippen LogP contribution in [-0.2, 0) is 66.8 Å². The summed E-state index contributed by atoms with van der Waals surface area (Å²) < 4.78 is 17.8. The van der Waals surface area contributed by atoms with Gasteiger partial charge in [0, 0.05) is 238 Å². The summed E-state index contributed by atoms with van der Waals surface area (Å²) in [6, 6.07) is 42.1. The van der Waals surface area contributed by atoms with Gasteiger partial charge in [-0.15, -0.1) is 24.7 Å². The number of carbonyl (C=O) groups is 4. The maximum atomic E-state index is 11.6. The number of nitrogens with zero attached hydrogens (tertiary/aromatic N) is 16. The number of pyridine rings is 4. The third kappa shape index (κ3) is 31.2. The molecular formula is C92H123ClIN20O5S4Tc+. The number of hydrogen-bond acceptors (Lipinski definition) is 21. The molecule has 0 aliphatic heterocycles. The molecule has 665 valence electrons. The SMILES string of the molecule is CCCN(CCNC(=O)CC)c1cn2cc(-c3ccc(N(C)C)cc3)nc2cc1C.CCCNCCNC(=O)CC.Cc1cc2nc(-c3ccc(N(C)C)cc3)cn2cc1I.Cc1cc2nc(-c3ccc(N(C)C)cc3)cn2cc1N(CCS)CCNC(=O)CS.Cc1cc2nc(-c3ccc(N(C)C)cc3)cn2cc1N(CC[S-])CC[N-]C(=O)C[S-].Cl.[O]=[Tc+4]. The third-order valence-electron chi connectivity index (χ3n) is 20.0. The van der Waals surface area contributed by atoms with E-state index in [2.05, 4.69) is 328 Å². The van der Waals surface area contributed by atoms with Crippen molar-refractivity contribution in [1.29, 1.82) is 0 Å². The fraction of sp³-hybridized carbons (Fsp3) is 0.391. The molecule has 32 heteroatoms. The predicted octanol–water partition coefficient (Wildman–Crippen LogP) is 15.2. The van der Waals surface area contributed by atoms with E-state index in [-0.39, 0.29) is 47.5 Å². The van der Waals surface area contributed by atoms with Crippen molar-refractivity contribution in [2.45, 2.75) is 81.1 Å². The molecule has 8 heterocycles. The summed E-state index contributed by atoms with van der Waals surface area (Å²) in [4.78, 5) is 79.4. The second-order valence-electron chi connectivity index (χ2n) is 30.1. The van der Waals surface area contributed by atoms with E-state index in [1.807, 2.05) is 80.8 Å². The molecule has 4 amide bonds. The van der Waals surface area contributed by atoms with Crippen LogP contribution in [0.2, 0.25) is 0 Å². The first-order valence-corrected chi connectivity index (χ1v) is 45.6. The van der Waals surface area contributed by atoms with Gasteiger partial charge in [-0.2, -0.15) is 31.0 Å². The van der Waals surface area contributed by atoms with Crippen LogP contribution in [-0.4, -0.2) is 219 Å². The van der Waals surface area contributed by atoms with Gasteiger partial charge < -0.3 is 109 Å². The molecule has 0 saturated carbocycles. The number of nitrogens with one attached hydrogen (secondary N) is 4. The average molecular weight is 1980 g/mol. The zero-order valence-corrected chi connectivity index (χ0v) is 82.6. The van der Waals surface area contributed by atoms with E-state index in [0.717, 1.165) is 178 Å². The van der Waals surface area contributed by atoms with Crippen molar-refractivity contribution in [3.63, 3.8) is 0 Å². The van der Waals surface area contributed by atoms with Crippen molar-refractivity contribution >= 4 is 172 Å². The van der Waals surface area contributed by atoms with E-state index in [1.165, 1.54) is 31.8 Å². The van der Waals surface area contributed by atoms with E-state index in [0.29, 0.717) is 57.9 Å². The number of imidazole rings is 4. The fourth-order valence-corrected chi connectivity index (χ4v) is 14.3. The Bertz CT molecular complexity index is 4880. The number of aromatic nitrogens is 8. The second-order valence-corrected chi connectivity index (χ2v) is 32.8. The number of rotatable bonds is 35. The van der Waals surface area contributed by atoms with Crippen LogP contribution < -0.4 is 55.6 Å². The molecule has 4 aromatic carbocycles. The Morgan fingerprint density at radius 2 is 0.750 bits per heavy atom. The maximum absolute atomic E-state index is 11.6. The van der Waals surface area contributed by atoms with E-state index >= 15 is 0 Å². The summed E-state index contributed by atoms with van der Waals surface area (Å²) in [5, 5.41) is 15.9. The molecule has 25 nitrogen and oxygen atoms in total. The first-order valence-electron chi connectivity index (χ1n) is 41.4. The first kappa shape index (κ1) is 104. The van der Waals surface area contributed by atoms with Crippen molar-refractivity contribution in [2.75, 3.05) is 192 Å². The minimum atomic E-state index is -0.241. The van der Waals surface area contributed by atoms with Gasteiger partial charge in [-0.05, 0) is 171 Å². The van der Waals surface area contributed by atoms with E-state index in [4.69, 9.17) is 48.7 Å². The topological polar surface area (TPSA) is 239 Å². The van der Waals surface area contributed by atoms with Gasteiger partial charge in [0.15, 0.2) is 0 Å². The van der Waals surface area contributed by atoms with Gasteiger partial charge >= 0.3 is 22.4 Å². The Balaban J connectivity index is 0.000000245. The molecule has 0 fully saturated rings. The molecule has 0 unspecified atom stereocenters. The van der Waals surface area contributed by atoms with E-state index in [1.54, 1.807) is 0 Å². The van der Waals surface area contributed by atoms with Gasteiger partial charge in [0.2, 0.25) is 17.7 Å². The third-order valence-corrected chi connectivity index (χ3v) is 22.1. The first-order chi connectivity index (χ1) is 59.1. The summed E-state index contributed by atoms with van der Waals surface area (Å²) in [6.45, 7) is 25.3. The number of carbonyl (C=O) groups excluding carboxylic acids is 4. The second kappa shape index (κ2) is 53.4. The van der Waals surface area contributed by atoms with Gasteiger partial charge in [-0.1, -0.05) is 76.2 Å². The van der Waals surface area contributed by atoms with Gasteiger partial charge in [0.1, 0.15) is 22.6 Å². The molecule has 0 spiro atoms. The summed E-state index contributed by atoms with van der Waals surface area (Å²) in [6.07, 6.45) is 20.0. The van der Waals surface area contributed by atoms with E-state index in [9.17, 15) is 19.2 Å². The zero-order valence-electron chi connectivity index (χ0n) is 74.4. The van der Waals surface area contributed by atoms with Crippen LogP contribution in [0.3, 0.4) is 0 Å². The number of amides is 4. The number of halogens is 2. The van der Waals surface area contributed by atoms with Crippen molar-refractivity contribution in [2.24, 2.45) is 0 Å². The van der Waals surface area contributed by atoms with Crippen LogP contribution in [0.4, 0.5) is 39.8 Å². The molecule has 0 aliphatic carbocycles. The molecule has 0 atom stereocenters. The Morgan fingerprint density at radius 1 is 0.419 bits per heavy atom. The summed E-state index contributed by atoms with van der Waals surface area (Å²) >= 11 is 21.6. The van der Waals surface area contributed by atoms with Gasteiger partial charge in [0.05, 0.1) is 45.6 Å². The van der Waals surface area contributed by atoms with Crippen LogP contribution >= 0.6 is 60.3 Å². The number of hydrogen-bond donors (Lipinski definition) is 6. The Morgan fingerprint density at radius 3 is 1.06 bits per heavy atom. The number of aryl methyl sites for hydroxylation is 4. The van der Waals surface area contributed by atoms with Gasteiger partial charge in [0.25, 0.3) is 0 Å². The number of anilines is 7. The fourth-order valence-electron chi connectivity index (χ4n) is 13.2. The molecule has 124 heavy (non-hydrogen) atoms. The summed E-state index contributed by atoms with van der Waals surface area (Å²) in [5.41, 5.74) is 24.8. The monoisotopic (exact) mass is 1970 g/mol. The number of benzene rings is 4. The van der Waals surface area contributed by atoms with Crippen LogP contribution in [0, 0.1) is 31.3 Å². The van der Waals surface area contributed by atoms with Crippen molar-refractivity contribution in [1.82, 2.24) is 58.8 Å². The molecule has 0 aliphatic rings. The van der Waals surface area contributed by atoms with Crippen molar-refractivity contribution < 1.29 is 41.5 Å². The van der Waals surface area contributed by atoms with Crippen LogP contribution in [0.5, 0.6) is 0 Å². The van der Waals surface area contributed by atoms with Crippen LogP contribution in [0.25, 0.3) is 72.9 Å². The Kier molecular flexibility index (Phi) is 44.7. The molecule has 4 N–H and O–H groups in total. The molecule has 0 bridgehead atoms. The van der Waals surface area contributed by atoms with Gasteiger partial charge in [-0.3, -0.25) is 14.4 Å². The molecule has 12 rings (SSSR count). The average Bonchev–Trinajstić information content (AvgIpc) is 1.64. The normalized spacial score (nSPS) is 10.6. The minimum absolute atomic E-state index is 0. The molecule has 12 aromatic rings. The molecule has 8 aromatic heterocycles. The Hall–Kier alpha value is -9.05. The Labute approximate surface area is 785 Å². The van der Waals surface area contributed by atoms with Gasteiger partial charge in [-0.25, -0.2) is 19.9 Å². The molecular weight excluding hydrogens is 1850 g/mol. The van der Waals surface area contributed by atoms with Crippen LogP contribution in [0.15, 0.2) is 171 Å². The van der Waals surface area contributed by atoms with E-state index < -0.39 is 0 Å². The molecule has 0 saturated heterocycles. The standard InChI is InChI=1S/C24H33N5O.2C22H29N5OS2.C16H16IN3.C8H18N2O.ClH.O.Tc/c1-6-13-28(14-12-25-24(30)7-2)22-17-29-16-21(26-23(29)15-18(22)3)19-8-10-20(11-9-19)27(4)5;2*1-16-12-21-24-19(17-4-6-18(7-5-17)25(2)3)13-27(21)14-20(16)26(10-11-29)9-8-23-22(28)15-30;1-11-8-16-18-15(10-20(16)9-14(11)17)12-4-6-13(7-5-12)19(2)3;1-3-5-9-6-7-10-8(11)4-2;;;/h8-11,15-17H,6-7,12-14H2,1-5H3,(H,25,30);4-7,12-14H,8-11,15H2,1-3H3,(H3,23,28,29,30);4-7,12-14,29-30H,8-11,15H2,1-3H3,(H,23,28);4-10H,1-3H3;9H,3-7H2,1-2H3,(H,10,11);1H;;/q;;;;;;;+4/p-3. The number of thiol groups is 2. The zero-order chi connectivity index (χ0) is 89.8. The summed E-state index contributed by atoms with van der Waals surface area (Å²) in [7, 11) is 16.3. The molecule has 0 radical (unpaired) electrons.